The molecule has 27 heavy (non-hydrogen) atoms. The first-order valence-corrected chi connectivity index (χ1v) is 10.4. The van der Waals surface area contributed by atoms with Crippen LogP contribution in [0.3, 0.4) is 0 Å². The Morgan fingerprint density at radius 1 is 1.07 bits per heavy atom. The zero-order chi connectivity index (χ0) is 19.0. The number of carbonyl (C=O) groups is 2. The molecule has 1 aromatic rings. The summed E-state index contributed by atoms with van der Waals surface area (Å²) in [5.41, 5.74) is 0.893. The lowest BCUT2D eigenvalue weighted by atomic mass is 9.49. The van der Waals surface area contributed by atoms with Crippen molar-refractivity contribution < 1.29 is 9.59 Å². The number of hydrogen-bond acceptors (Lipinski definition) is 3. The summed E-state index contributed by atoms with van der Waals surface area (Å²) < 4.78 is 0. The molecule has 4 aliphatic carbocycles. The fourth-order valence-electron chi connectivity index (χ4n) is 5.82. The number of rotatable bonds is 4. The van der Waals surface area contributed by atoms with Crippen LogP contribution in [0.2, 0.25) is 0 Å². The molecule has 0 spiro atoms. The Morgan fingerprint density at radius 3 is 2.26 bits per heavy atom. The van der Waals surface area contributed by atoms with Crippen molar-refractivity contribution in [3.8, 4) is 0 Å². The third-order valence-electron chi connectivity index (χ3n) is 6.50. The number of hydrogen-bond donors (Lipinski definition) is 3. The number of nitrogens with one attached hydrogen (secondary N) is 3. The minimum atomic E-state index is -0.237. The van der Waals surface area contributed by atoms with Gasteiger partial charge in [-0.3, -0.25) is 9.59 Å². The van der Waals surface area contributed by atoms with Crippen LogP contribution in [0.25, 0.3) is 0 Å². The number of anilines is 1. The molecule has 4 saturated carbocycles. The van der Waals surface area contributed by atoms with Gasteiger partial charge in [0.1, 0.15) is 0 Å². The van der Waals surface area contributed by atoms with Gasteiger partial charge in [-0.15, -0.1) is 0 Å². The fourth-order valence-corrected chi connectivity index (χ4v) is 6.03. The quantitative estimate of drug-likeness (QED) is 0.694. The monoisotopic (exact) mass is 385 g/mol. The van der Waals surface area contributed by atoms with Crippen molar-refractivity contribution in [2.45, 2.75) is 45.4 Å². The standard InChI is InChI=1S/C21H27N3O2S/c1-2-22-18(25)16-5-3-4-6-17(16)23-20(27)24-19(26)21-10-13-7-14(11-21)9-15(8-13)12-21/h3-6,13-15H,2,7-12H2,1H3,(H,22,25)(H2,23,24,26,27). The van der Waals surface area contributed by atoms with Gasteiger partial charge < -0.3 is 16.0 Å². The van der Waals surface area contributed by atoms with Crippen LogP contribution < -0.4 is 16.0 Å². The first kappa shape index (κ1) is 18.4. The molecule has 4 bridgehead atoms. The second-order valence-electron chi connectivity index (χ2n) is 8.51. The Bertz CT molecular complexity index is 741. The molecular weight excluding hydrogens is 358 g/mol. The minimum absolute atomic E-state index is 0.0644. The zero-order valence-electron chi connectivity index (χ0n) is 15.7. The van der Waals surface area contributed by atoms with Crippen LogP contribution in [0.5, 0.6) is 0 Å². The van der Waals surface area contributed by atoms with Crippen molar-refractivity contribution in [3.63, 3.8) is 0 Å². The predicted octanol–water partition coefficient (Wildman–Crippen LogP) is 3.47. The molecule has 3 N–H and O–H groups in total. The number of amides is 2. The molecular formula is C21H27N3O2S. The predicted molar refractivity (Wildman–Crippen MR) is 109 cm³/mol. The summed E-state index contributed by atoms with van der Waals surface area (Å²) in [5, 5.41) is 9.05. The smallest absolute Gasteiger partial charge is 0.253 e. The lowest BCUT2D eigenvalue weighted by Crippen LogP contribution is -2.55. The van der Waals surface area contributed by atoms with Crippen LogP contribution in [0.4, 0.5) is 5.69 Å². The van der Waals surface area contributed by atoms with Gasteiger partial charge in [-0.1, -0.05) is 12.1 Å². The van der Waals surface area contributed by atoms with Gasteiger partial charge in [0.2, 0.25) is 5.91 Å². The molecule has 0 heterocycles. The van der Waals surface area contributed by atoms with E-state index in [0.717, 1.165) is 19.3 Å². The van der Waals surface area contributed by atoms with Crippen LogP contribution in [-0.4, -0.2) is 23.5 Å². The first-order valence-electron chi connectivity index (χ1n) is 9.99. The van der Waals surface area contributed by atoms with Crippen molar-refractivity contribution in [2.24, 2.45) is 23.2 Å². The van der Waals surface area contributed by atoms with Gasteiger partial charge in [-0.2, -0.15) is 0 Å². The van der Waals surface area contributed by atoms with Crippen LogP contribution in [0.1, 0.15) is 55.8 Å². The molecule has 0 aromatic heterocycles. The van der Waals surface area contributed by atoms with Crippen molar-refractivity contribution >= 4 is 34.8 Å². The maximum absolute atomic E-state index is 13.1. The number of para-hydroxylation sites is 1. The summed E-state index contributed by atoms with van der Waals surface area (Å²) in [7, 11) is 0. The van der Waals surface area contributed by atoms with Gasteiger partial charge in [-0.25, -0.2) is 0 Å². The second kappa shape index (κ2) is 7.23. The van der Waals surface area contributed by atoms with E-state index in [1.807, 2.05) is 19.1 Å². The van der Waals surface area contributed by atoms with Crippen molar-refractivity contribution in [2.75, 3.05) is 11.9 Å². The number of carbonyl (C=O) groups excluding carboxylic acids is 2. The lowest BCUT2D eigenvalue weighted by Gasteiger charge is -2.55. The second-order valence-corrected chi connectivity index (χ2v) is 8.92. The van der Waals surface area contributed by atoms with Crippen molar-refractivity contribution in [3.05, 3.63) is 29.8 Å². The molecule has 5 rings (SSSR count). The van der Waals surface area contributed by atoms with E-state index < -0.39 is 0 Å². The minimum Gasteiger partial charge on any atom is -0.352 e. The Hall–Kier alpha value is -1.95. The third-order valence-corrected chi connectivity index (χ3v) is 6.71. The SMILES string of the molecule is CCNC(=O)c1ccccc1NC(=S)NC(=O)C12CC3CC(CC(C3)C1)C2. The normalized spacial score (nSPS) is 30.6. The highest BCUT2D eigenvalue weighted by molar-refractivity contribution is 7.80. The average molecular weight is 386 g/mol. The van der Waals surface area contributed by atoms with E-state index >= 15 is 0 Å². The highest BCUT2D eigenvalue weighted by atomic mass is 32.1. The van der Waals surface area contributed by atoms with Gasteiger partial charge in [-0.05, 0) is 87.6 Å². The zero-order valence-corrected chi connectivity index (χ0v) is 16.5. The highest BCUT2D eigenvalue weighted by Gasteiger charge is 2.54. The molecule has 144 valence electrons. The maximum atomic E-state index is 13.1. The summed E-state index contributed by atoms with van der Waals surface area (Å²) in [6, 6.07) is 7.20. The molecule has 1 aromatic carbocycles. The van der Waals surface area contributed by atoms with E-state index in [4.69, 9.17) is 12.2 Å². The molecule has 6 heteroatoms. The summed E-state index contributed by atoms with van der Waals surface area (Å²) in [5.74, 6) is 2.04. The third kappa shape index (κ3) is 3.59. The Morgan fingerprint density at radius 2 is 1.67 bits per heavy atom. The van der Waals surface area contributed by atoms with Crippen LogP contribution in [0, 0.1) is 23.2 Å². The summed E-state index contributed by atoms with van der Waals surface area (Å²) in [6.45, 7) is 2.44. The number of thiocarbonyl (C=S) groups is 1. The summed E-state index contributed by atoms with van der Waals surface area (Å²) >= 11 is 5.40. The topological polar surface area (TPSA) is 70.2 Å². The van der Waals surface area contributed by atoms with E-state index in [1.54, 1.807) is 12.1 Å². The van der Waals surface area contributed by atoms with E-state index in [2.05, 4.69) is 16.0 Å². The van der Waals surface area contributed by atoms with Gasteiger partial charge in [0.05, 0.1) is 16.7 Å². The molecule has 0 radical (unpaired) electrons. The van der Waals surface area contributed by atoms with Gasteiger partial charge >= 0.3 is 0 Å². The van der Waals surface area contributed by atoms with Crippen molar-refractivity contribution in [1.82, 2.24) is 10.6 Å². The number of benzene rings is 1. The van der Waals surface area contributed by atoms with Gasteiger partial charge in [0, 0.05) is 6.54 Å². The van der Waals surface area contributed by atoms with Crippen molar-refractivity contribution in [1.29, 1.82) is 0 Å². The summed E-state index contributed by atoms with van der Waals surface area (Å²) in [6.07, 6.45) is 6.91. The van der Waals surface area contributed by atoms with Crippen LogP contribution >= 0.6 is 12.2 Å². The lowest BCUT2D eigenvalue weighted by molar-refractivity contribution is -0.144. The molecule has 0 unspecified atom stereocenters. The van der Waals surface area contributed by atoms with Gasteiger partial charge in [0.15, 0.2) is 5.11 Å². The summed E-state index contributed by atoms with van der Waals surface area (Å²) in [4.78, 5) is 25.3. The Balaban J connectivity index is 1.43. The van der Waals surface area contributed by atoms with Crippen LogP contribution in [-0.2, 0) is 4.79 Å². The Kier molecular flexibility index (Phi) is 4.93. The maximum Gasteiger partial charge on any atom is 0.253 e. The highest BCUT2D eigenvalue weighted by Crippen LogP contribution is 2.60. The first-order chi connectivity index (χ1) is 13.0. The van der Waals surface area contributed by atoms with E-state index in [-0.39, 0.29) is 22.3 Å². The molecule has 4 aliphatic rings. The van der Waals surface area contributed by atoms with E-state index in [1.165, 1.54) is 19.3 Å². The largest absolute Gasteiger partial charge is 0.352 e. The molecule has 0 aliphatic heterocycles. The fraction of sp³-hybridized carbons (Fsp3) is 0.571. The Labute approximate surface area is 165 Å². The molecule has 4 fully saturated rings. The average Bonchev–Trinajstić information content (AvgIpc) is 2.61. The molecule has 0 atom stereocenters. The molecule has 2 amide bonds. The van der Waals surface area contributed by atoms with Crippen LogP contribution in [0.15, 0.2) is 24.3 Å². The molecule has 5 nitrogen and oxygen atoms in total. The van der Waals surface area contributed by atoms with E-state index in [9.17, 15) is 9.59 Å². The van der Waals surface area contributed by atoms with E-state index in [0.29, 0.717) is 35.5 Å². The van der Waals surface area contributed by atoms with Gasteiger partial charge in [0.25, 0.3) is 5.91 Å². The molecule has 0 saturated heterocycles.